The largest absolute Gasteiger partial charge is 0.438 e. The third kappa shape index (κ3) is 4.60. The first-order valence-electron chi connectivity index (χ1n) is 9.58. The number of amides is 1. The molecule has 0 unspecified atom stereocenters. The summed E-state index contributed by atoms with van der Waals surface area (Å²) in [5, 5.41) is 3.24. The summed E-state index contributed by atoms with van der Waals surface area (Å²) >= 11 is 0. The Hall–Kier alpha value is -3.67. The van der Waals surface area contributed by atoms with Crippen molar-refractivity contribution in [3.63, 3.8) is 0 Å². The molecule has 0 bridgehead atoms. The Kier molecular flexibility index (Phi) is 5.52. The highest BCUT2D eigenvalue weighted by molar-refractivity contribution is 5.79. The number of nitrogens with zero attached hydrogens (tertiary/aromatic N) is 3. The zero-order valence-electron chi connectivity index (χ0n) is 16.2. The summed E-state index contributed by atoms with van der Waals surface area (Å²) < 4.78 is 6.06. The average molecular weight is 386 g/mol. The number of benzene rings is 1. The van der Waals surface area contributed by atoms with Gasteiger partial charge in [-0.1, -0.05) is 6.07 Å². The molecule has 0 saturated carbocycles. The van der Waals surface area contributed by atoms with Gasteiger partial charge in [-0.2, -0.15) is 0 Å². The number of hydrogen-bond donors (Lipinski definition) is 1. The van der Waals surface area contributed by atoms with Gasteiger partial charge in [-0.25, -0.2) is 9.97 Å². The first-order valence-corrected chi connectivity index (χ1v) is 9.58. The van der Waals surface area contributed by atoms with Gasteiger partial charge in [-0.05, 0) is 66.9 Å². The molecule has 0 radical (unpaired) electrons. The maximum atomic E-state index is 11.7. The number of nitrogens with one attached hydrogen (secondary N) is 1. The van der Waals surface area contributed by atoms with Gasteiger partial charge in [0.05, 0.1) is 0 Å². The van der Waals surface area contributed by atoms with Gasteiger partial charge >= 0.3 is 0 Å². The molecule has 1 aliphatic heterocycles. The Morgan fingerprint density at radius 2 is 1.86 bits per heavy atom. The Balaban J connectivity index is 1.52. The number of rotatable bonds is 5. The van der Waals surface area contributed by atoms with Gasteiger partial charge in [0.1, 0.15) is 11.6 Å². The zero-order chi connectivity index (χ0) is 20.1. The third-order valence-electron chi connectivity index (χ3n) is 4.68. The van der Waals surface area contributed by atoms with Crippen LogP contribution in [0.1, 0.15) is 25.3 Å². The summed E-state index contributed by atoms with van der Waals surface area (Å²) in [7, 11) is 0. The van der Waals surface area contributed by atoms with Crippen LogP contribution in [-0.2, 0) is 4.79 Å². The second kappa shape index (κ2) is 8.56. The molecule has 0 spiro atoms. The summed E-state index contributed by atoms with van der Waals surface area (Å²) in [6.07, 6.45) is 7.18. The SMILES string of the molecule is CC(=O)N1C=C(c2cccnc2Oc2ccc(Nc3ccccn3)cc2)CCC1. The maximum absolute atomic E-state index is 11.7. The Labute approximate surface area is 169 Å². The van der Waals surface area contributed by atoms with Gasteiger partial charge in [0.2, 0.25) is 11.8 Å². The molecule has 6 heteroatoms. The molecule has 0 aliphatic carbocycles. The van der Waals surface area contributed by atoms with Crippen LogP contribution in [0.15, 0.2) is 73.2 Å². The minimum Gasteiger partial charge on any atom is -0.438 e. The van der Waals surface area contributed by atoms with Crippen molar-refractivity contribution in [3.8, 4) is 11.6 Å². The topological polar surface area (TPSA) is 67.4 Å². The first-order chi connectivity index (χ1) is 14.2. The molecule has 1 aromatic carbocycles. The van der Waals surface area contributed by atoms with Gasteiger partial charge in [0, 0.05) is 43.3 Å². The predicted molar refractivity (Wildman–Crippen MR) is 113 cm³/mol. The molecular weight excluding hydrogens is 364 g/mol. The van der Waals surface area contributed by atoms with Crippen molar-refractivity contribution in [2.45, 2.75) is 19.8 Å². The monoisotopic (exact) mass is 386 g/mol. The quantitative estimate of drug-likeness (QED) is 0.669. The van der Waals surface area contributed by atoms with E-state index in [-0.39, 0.29) is 5.91 Å². The lowest BCUT2D eigenvalue weighted by Gasteiger charge is -2.24. The number of hydrogen-bond acceptors (Lipinski definition) is 5. The van der Waals surface area contributed by atoms with Gasteiger partial charge < -0.3 is 15.0 Å². The second-order valence-electron chi connectivity index (χ2n) is 6.79. The number of carbonyl (C=O) groups excluding carboxylic acids is 1. The van der Waals surface area contributed by atoms with Gasteiger partial charge in [-0.3, -0.25) is 4.79 Å². The van der Waals surface area contributed by atoms with Crippen molar-refractivity contribution < 1.29 is 9.53 Å². The highest BCUT2D eigenvalue weighted by Gasteiger charge is 2.18. The van der Waals surface area contributed by atoms with E-state index in [0.29, 0.717) is 11.6 Å². The number of carbonyl (C=O) groups is 1. The molecule has 6 nitrogen and oxygen atoms in total. The van der Waals surface area contributed by atoms with Crippen LogP contribution >= 0.6 is 0 Å². The molecule has 4 rings (SSSR count). The minimum atomic E-state index is 0.0459. The van der Waals surface area contributed by atoms with E-state index >= 15 is 0 Å². The third-order valence-corrected chi connectivity index (χ3v) is 4.68. The number of ether oxygens (including phenoxy) is 1. The molecule has 0 saturated heterocycles. The van der Waals surface area contributed by atoms with Crippen molar-refractivity contribution in [1.29, 1.82) is 0 Å². The molecule has 29 heavy (non-hydrogen) atoms. The lowest BCUT2D eigenvalue weighted by atomic mass is 10.00. The summed E-state index contributed by atoms with van der Waals surface area (Å²) in [6.45, 7) is 2.33. The molecule has 146 valence electrons. The molecule has 1 N–H and O–H groups in total. The number of pyridine rings is 2. The first kappa shape index (κ1) is 18.7. The molecular formula is C23H22N4O2. The lowest BCUT2D eigenvalue weighted by molar-refractivity contribution is -0.126. The molecule has 2 aromatic heterocycles. The van der Waals surface area contributed by atoms with Crippen LogP contribution in [-0.4, -0.2) is 27.3 Å². The lowest BCUT2D eigenvalue weighted by Crippen LogP contribution is -2.27. The molecule has 0 atom stereocenters. The Morgan fingerprint density at radius 1 is 1.03 bits per heavy atom. The fraction of sp³-hybridized carbons (Fsp3) is 0.174. The van der Waals surface area contributed by atoms with Crippen LogP contribution < -0.4 is 10.1 Å². The van der Waals surface area contributed by atoms with E-state index in [4.69, 9.17) is 4.74 Å². The normalized spacial score (nSPS) is 13.6. The van der Waals surface area contributed by atoms with Crippen LogP contribution in [0.5, 0.6) is 11.6 Å². The highest BCUT2D eigenvalue weighted by Crippen LogP contribution is 2.33. The average Bonchev–Trinajstić information content (AvgIpc) is 2.76. The summed E-state index contributed by atoms with van der Waals surface area (Å²) in [5.41, 5.74) is 2.89. The van der Waals surface area contributed by atoms with E-state index in [2.05, 4.69) is 15.3 Å². The van der Waals surface area contributed by atoms with E-state index in [1.54, 1.807) is 24.2 Å². The van der Waals surface area contributed by atoms with Crippen LogP contribution in [0.4, 0.5) is 11.5 Å². The van der Waals surface area contributed by atoms with Crippen LogP contribution in [0.3, 0.4) is 0 Å². The van der Waals surface area contributed by atoms with E-state index in [0.717, 1.165) is 42.0 Å². The Morgan fingerprint density at radius 3 is 2.62 bits per heavy atom. The number of allylic oxidation sites excluding steroid dienone is 1. The molecule has 1 aliphatic rings. The molecule has 0 fully saturated rings. The minimum absolute atomic E-state index is 0.0459. The molecule has 1 amide bonds. The Bertz CT molecular complexity index is 1020. The van der Waals surface area contributed by atoms with Crippen molar-refractivity contribution >= 4 is 23.0 Å². The molecule has 3 aromatic rings. The highest BCUT2D eigenvalue weighted by atomic mass is 16.5. The fourth-order valence-electron chi connectivity index (χ4n) is 3.23. The van der Waals surface area contributed by atoms with Crippen molar-refractivity contribution in [2.75, 3.05) is 11.9 Å². The van der Waals surface area contributed by atoms with Crippen LogP contribution in [0, 0.1) is 0 Å². The number of aromatic nitrogens is 2. The van der Waals surface area contributed by atoms with E-state index in [1.807, 2.05) is 60.8 Å². The van der Waals surface area contributed by atoms with Gasteiger partial charge in [-0.15, -0.1) is 0 Å². The van der Waals surface area contributed by atoms with E-state index in [1.165, 1.54) is 0 Å². The maximum Gasteiger partial charge on any atom is 0.226 e. The fourth-order valence-corrected chi connectivity index (χ4v) is 3.23. The van der Waals surface area contributed by atoms with Crippen LogP contribution in [0.25, 0.3) is 5.57 Å². The number of anilines is 2. The summed E-state index contributed by atoms with van der Waals surface area (Å²) in [5.74, 6) is 2.06. The standard InChI is InChI=1S/C23H22N4O2/c1-17(28)27-15-5-6-18(16-27)21-7-4-14-25-23(21)29-20-11-9-19(10-12-20)26-22-8-2-3-13-24-22/h2-4,7-14,16H,5-6,15H2,1H3,(H,24,26). The van der Waals surface area contributed by atoms with Crippen molar-refractivity contribution in [2.24, 2.45) is 0 Å². The predicted octanol–water partition coefficient (Wildman–Crippen LogP) is 5.00. The zero-order valence-corrected chi connectivity index (χ0v) is 16.2. The smallest absolute Gasteiger partial charge is 0.226 e. The van der Waals surface area contributed by atoms with E-state index < -0.39 is 0 Å². The summed E-state index contributed by atoms with van der Waals surface area (Å²) in [4.78, 5) is 22.2. The molecule has 3 heterocycles. The van der Waals surface area contributed by atoms with Gasteiger partial charge in [0.25, 0.3) is 0 Å². The van der Waals surface area contributed by atoms with Crippen molar-refractivity contribution in [1.82, 2.24) is 14.9 Å². The summed E-state index contributed by atoms with van der Waals surface area (Å²) in [6, 6.07) is 17.2. The van der Waals surface area contributed by atoms with Gasteiger partial charge in [0.15, 0.2) is 0 Å². The van der Waals surface area contributed by atoms with E-state index in [9.17, 15) is 4.79 Å². The second-order valence-corrected chi connectivity index (χ2v) is 6.79. The van der Waals surface area contributed by atoms with Crippen molar-refractivity contribution in [3.05, 3.63) is 78.8 Å². The van der Waals surface area contributed by atoms with Crippen LogP contribution in [0.2, 0.25) is 0 Å².